The Labute approximate surface area is 523 Å². The average Bonchev–Trinajstić information content (AvgIpc) is 1.53. The van der Waals surface area contributed by atoms with Gasteiger partial charge in [-0.2, -0.15) is 0 Å². The molecule has 12 unspecified atom stereocenters. The molecular weight excluding hydrogens is 1180 g/mol. The van der Waals surface area contributed by atoms with E-state index >= 15 is 0 Å². The number of amides is 7. The first-order valence-corrected chi connectivity index (χ1v) is 32.1. The molecule has 2 fully saturated rings. The van der Waals surface area contributed by atoms with Gasteiger partial charge in [-0.05, 0) is 108 Å². The van der Waals surface area contributed by atoms with Crippen LogP contribution >= 0.6 is 7.82 Å². The maximum absolute atomic E-state index is 14.4. The van der Waals surface area contributed by atoms with Gasteiger partial charge in [-0.3, -0.25) is 57.6 Å². The number of aromatic nitrogens is 2. The summed E-state index contributed by atoms with van der Waals surface area (Å²) in [5.41, 5.74) is 37.4. The second kappa shape index (κ2) is 25.6. The molecule has 1 aromatic heterocycles. The van der Waals surface area contributed by atoms with E-state index in [0.717, 1.165) is 11.1 Å². The molecule has 0 spiro atoms. The minimum Gasteiger partial charge on any atom is -0.394 e. The lowest BCUT2D eigenvalue weighted by atomic mass is 9.55. The number of fused-ring (bicyclic) bond motifs is 7. The van der Waals surface area contributed by atoms with Crippen LogP contribution in [0.4, 0.5) is 0 Å². The number of aliphatic hydroxyl groups excluding tert-OH is 2. The highest BCUT2D eigenvalue weighted by Crippen LogP contribution is 2.63. The van der Waals surface area contributed by atoms with E-state index in [1.165, 1.54) is 13.3 Å². The van der Waals surface area contributed by atoms with E-state index < -0.39 is 143 Å². The van der Waals surface area contributed by atoms with E-state index in [4.69, 9.17) is 63.2 Å². The van der Waals surface area contributed by atoms with Gasteiger partial charge < -0.3 is 69.4 Å². The van der Waals surface area contributed by atoms with Crippen molar-refractivity contribution in [1.29, 1.82) is 0 Å². The van der Waals surface area contributed by atoms with Crippen LogP contribution in [0.3, 0.4) is 0 Å². The van der Waals surface area contributed by atoms with Crippen molar-refractivity contribution in [3.8, 4) is 0 Å². The summed E-state index contributed by atoms with van der Waals surface area (Å²) in [4.78, 5) is 126. The number of phosphoric ester groups is 1. The van der Waals surface area contributed by atoms with Crippen molar-refractivity contribution in [3.63, 3.8) is 0 Å². The van der Waals surface area contributed by atoms with Gasteiger partial charge in [0, 0.05) is 131 Å². The van der Waals surface area contributed by atoms with Crippen LogP contribution in [0.1, 0.15) is 150 Å². The third kappa shape index (κ3) is 13.0. The van der Waals surface area contributed by atoms with Crippen molar-refractivity contribution in [2.24, 2.45) is 94.7 Å². The molecule has 15 atom stereocenters. The third-order valence-corrected chi connectivity index (χ3v) is 21.7. The number of hydrogen-bond donors (Lipinski definition) is 11. The van der Waals surface area contributed by atoms with Crippen molar-refractivity contribution in [1.82, 2.24) is 20.2 Å². The van der Waals surface area contributed by atoms with Crippen LogP contribution in [-0.2, 0) is 51.9 Å². The number of nitrogens with zero attached hydrogens (tertiary/aromatic N) is 5. The normalized spacial score (nSPS) is 32.0. The van der Waals surface area contributed by atoms with Gasteiger partial charge in [0.1, 0.15) is 18.3 Å². The number of benzene rings is 1. The molecule has 2 aromatic rings. The van der Waals surface area contributed by atoms with Crippen molar-refractivity contribution >= 4 is 77.3 Å². The predicted octanol–water partition coefficient (Wildman–Crippen LogP) is 3.16. The molecule has 28 heteroatoms. The first kappa shape index (κ1) is 68.9. The first-order chi connectivity index (χ1) is 41.8. The number of carbonyl (C=O) groups is 7. The summed E-state index contributed by atoms with van der Waals surface area (Å²) in [6.45, 7) is 19.3. The Kier molecular flexibility index (Phi) is 19.6. The maximum Gasteiger partial charge on any atom is 0.472 e. The molecule has 6 aliphatic rings. The highest BCUT2D eigenvalue weighted by molar-refractivity contribution is 7.47. The lowest BCUT2D eigenvalue weighted by Gasteiger charge is -2.48. The molecule has 8 bridgehead atoms. The molecule has 17 N–H and O–H groups in total. The Morgan fingerprint density at radius 2 is 1.40 bits per heavy atom. The SMILES string of the molecule is CC1=C2N=C(C=C3NC(=C(C)C4=NC(C)(C5N=C1C(C)(CCC(=O)NCC(C)OP(=O)(O)O[C@@H]1[C@@H](CO)OC(n6cnc7cc(C)c(C)cc76)[C@@H]1O)C5CC(N)=O)C(C)(CC(N)=O)C4CCC(N)=O)C(C)(CC(N)=O)C3CCC(N)=O)C(C)(C)C2CCC(N)=O. The highest BCUT2D eigenvalue weighted by atomic mass is 31.2. The zero-order valence-electron chi connectivity index (χ0n) is 53.3. The first-order valence-electron chi connectivity index (χ1n) is 30.6. The number of ether oxygens (including phenoxy) is 1. The van der Waals surface area contributed by atoms with Crippen LogP contribution in [0.15, 0.2) is 67.8 Å². The van der Waals surface area contributed by atoms with Crippen molar-refractivity contribution in [2.45, 2.75) is 189 Å². The standard InChI is InChI=1S/C62H90N13O14P/c1-29-20-39-40(21-30(29)2)75(28-70-39)57-52(84)53(41(27-76)87-57)89-90(85,86)88-31(3)26-69-49(83)18-19-59(8)37(22-46(66)80)56-62(11)61(10,25-48(68)82)36(14-17-45(65)79)51(74-62)33(5)55-60(9,24-47(67)81)34(12-15-43(63)77)38(71-55)23-42-58(6,7)35(13-16-44(64)78)50(72-42)32(4)54(59)73-56/h20-21,23,28,31,34-37,41,52-53,56-57,71,76,84H,12-19,22,24-27H2,1-11H3,(H2,63,77)(H2,64,78)(H2,65,79)(H2,66,80)(H2,67,81)(H2,68,82)(H,69,83)(H,85,86)/t31?,34?,35?,36?,37?,41-,52-,53-,56?,57?,59?,60?,61?,62?/m1/s1. The summed E-state index contributed by atoms with van der Waals surface area (Å²) < 4.78 is 32.3. The summed E-state index contributed by atoms with van der Waals surface area (Å²) in [6.07, 6.45) is -4.26. The molecule has 7 amide bonds. The number of nitrogens with one attached hydrogen (secondary N) is 2. The quantitative estimate of drug-likeness (QED) is 0.0603. The van der Waals surface area contributed by atoms with E-state index in [1.807, 2.05) is 87.4 Å². The number of hydrogen-bond acceptors (Lipinski definition) is 18. The molecule has 2 saturated heterocycles. The minimum absolute atomic E-state index is 0.0114. The summed E-state index contributed by atoms with van der Waals surface area (Å²) in [6, 6.07) is 2.70. The van der Waals surface area contributed by atoms with Gasteiger partial charge in [-0.1, -0.05) is 34.6 Å². The Bertz CT molecular complexity index is 3540. The molecule has 6 aliphatic heterocycles. The monoisotopic (exact) mass is 1270 g/mol. The molecule has 90 heavy (non-hydrogen) atoms. The van der Waals surface area contributed by atoms with Crippen molar-refractivity contribution < 1.29 is 67.0 Å². The Hall–Kier alpha value is -7.00. The minimum atomic E-state index is -5.07. The lowest BCUT2D eigenvalue weighted by molar-refractivity contribution is -0.124. The molecule has 0 saturated carbocycles. The van der Waals surface area contributed by atoms with Crippen LogP contribution in [0, 0.1) is 59.2 Å². The molecule has 7 heterocycles. The number of allylic oxidation sites excluding steroid dienone is 6. The second-order valence-corrected chi connectivity index (χ2v) is 28.4. The van der Waals surface area contributed by atoms with Gasteiger partial charge in [-0.15, -0.1) is 0 Å². The molecule has 8 rings (SSSR count). The fraction of sp³-hybridized carbons (Fsp3) is 0.629. The third-order valence-electron chi connectivity index (χ3n) is 20.6. The van der Waals surface area contributed by atoms with Crippen LogP contribution < -0.4 is 45.0 Å². The Morgan fingerprint density at radius 1 is 0.800 bits per heavy atom. The van der Waals surface area contributed by atoms with Gasteiger partial charge in [0.05, 0.1) is 41.7 Å². The predicted molar refractivity (Wildman–Crippen MR) is 334 cm³/mol. The molecule has 0 aliphatic carbocycles. The summed E-state index contributed by atoms with van der Waals surface area (Å²) >= 11 is 0. The number of imidazole rings is 1. The average molecular weight is 1270 g/mol. The summed E-state index contributed by atoms with van der Waals surface area (Å²) in [7, 11) is -5.07. The fourth-order valence-corrected chi connectivity index (χ4v) is 16.6. The largest absolute Gasteiger partial charge is 0.472 e. The van der Waals surface area contributed by atoms with E-state index in [-0.39, 0.29) is 77.2 Å². The Morgan fingerprint density at radius 3 is 1.99 bits per heavy atom. The zero-order valence-corrected chi connectivity index (χ0v) is 54.1. The number of carbonyl (C=O) groups excluding carboxylic acids is 7. The maximum atomic E-state index is 14.4. The van der Waals surface area contributed by atoms with Gasteiger partial charge in [0.15, 0.2) is 6.23 Å². The van der Waals surface area contributed by atoms with E-state index in [9.17, 15) is 53.2 Å². The van der Waals surface area contributed by atoms with Gasteiger partial charge in [0.25, 0.3) is 0 Å². The number of phosphoric acid groups is 1. The summed E-state index contributed by atoms with van der Waals surface area (Å²) in [5, 5.41) is 28.2. The molecule has 1 aromatic carbocycles. The number of nitrogens with two attached hydrogens (primary N) is 6. The number of rotatable bonds is 26. The van der Waals surface area contributed by atoms with Crippen LogP contribution in [-0.4, -0.2) is 132 Å². The van der Waals surface area contributed by atoms with E-state index in [2.05, 4.69) is 15.6 Å². The fourth-order valence-electron chi connectivity index (χ4n) is 15.4. The van der Waals surface area contributed by atoms with E-state index in [0.29, 0.717) is 56.4 Å². The van der Waals surface area contributed by atoms with Gasteiger partial charge in [0.2, 0.25) is 41.4 Å². The lowest BCUT2D eigenvalue weighted by Crippen LogP contribution is -2.56. The Balaban J connectivity index is 1.19. The number of aryl methyl sites for hydroxylation is 2. The van der Waals surface area contributed by atoms with Crippen LogP contribution in [0.25, 0.3) is 11.0 Å². The topological polar surface area (TPSA) is 460 Å². The second-order valence-electron chi connectivity index (χ2n) is 27.1. The smallest absolute Gasteiger partial charge is 0.394 e. The van der Waals surface area contributed by atoms with Crippen LogP contribution in [0.5, 0.6) is 0 Å². The molecule has 0 radical (unpaired) electrons. The zero-order chi connectivity index (χ0) is 66.7. The van der Waals surface area contributed by atoms with Crippen molar-refractivity contribution in [2.75, 3.05) is 13.2 Å². The van der Waals surface area contributed by atoms with Crippen LogP contribution in [0.2, 0.25) is 0 Å². The molecular formula is C62H90N13O14P. The number of aliphatic hydroxyl groups is 2. The number of primary amides is 6. The highest BCUT2D eigenvalue weighted by Gasteiger charge is 2.66. The molecule has 492 valence electrons. The summed E-state index contributed by atoms with van der Waals surface area (Å²) in [5.74, 6) is -7.18. The van der Waals surface area contributed by atoms with E-state index in [1.54, 1.807) is 4.57 Å². The van der Waals surface area contributed by atoms with Crippen molar-refractivity contribution in [3.05, 3.63) is 63.9 Å². The van der Waals surface area contributed by atoms with Gasteiger partial charge in [-0.25, -0.2) is 9.55 Å². The van der Waals surface area contributed by atoms with Gasteiger partial charge >= 0.3 is 7.82 Å². The number of aliphatic imine (C=N–C) groups is 3. The molecule has 27 nitrogen and oxygen atoms in total.